The smallest absolute Gasteiger partial charge is 0.159 e. The SMILES string of the molecule is CC(C)Oc1ccccc1[C@@H]1CN([C@H]2COCc3cc(F)c(F)cc32)CCN1. The van der Waals surface area contributed by atoms with Gasteiger partial charge in [-0.05, 0) is 43.2 Å². The summed E-state index contributed by atoms with van der Waals surface area (Å²) >= 11 is 0. The van der Waals surface area contributed by atoms with Gasteiger partial charge in [0.05, 0.1) is 25.4 Å². The number of para-hydroxylation sites is 1. The van der Waals surface area contributed by atoms with Gasteiger partial charge >= 0.3 is 0 Å². The Morgan fingerprint density at radius 2 is 1.93 bits per heavy atom. The molecule has 1 fully saturated rings. The topological polar surface area (TPSA) is 33.7 Å². The van der Waals surface area contributed by atoms with Gasteiger partial charge in [-0.1, -0.05) is 18.2 Å². The summed E-state index contributed by atoms with van der Waals surface area (Å²) in [6.07, 6.45) is 0.0948. The first-order valence-corrected chi connectivity index (χ1v) is 9.81. The number of halogens is 2. The van der Waals surface area contributed by atoms with Crippen LogP contribution >= 0.6 is 0 Å². The fraction of sp³-hybridized carbons (Fsp3) is 0.455. The number of piperazine rings is 1. The number of benzene rings is 2. The van der Waals surface area contributed by atoms with Gasteiger partial charge in [-0.3, -0.25) is 4.90 Å². The minimum Gasteiger partial charge on any atom is -0.491 e. The highest BCUT2D eigenvalue weighted by Gasteiger charge is 2.32. The van der Waals surface area contributed by atoms with E-state index in [0.717, 1.165) is 42.1 Å². The van der Waals surface area contributed by atoms with Crippen molar-refractivity contribution in [2.24, 2.45) is 0 Å². The highest BCUT2D eigenvalue weighted by atomic mass is 19.2. The molecule has 4 rings (SSSR count). The quantitative estimate of drug-likeness (QED) is 0.859. The molecule has 0 unspecified atom stereocenters. The molecular formula is C22H26F2N2O2. The molecule has 1 N–H and O–H groups in total. The van der Waals surface area contributed by atoms with Crippen molar-refractivity contribution in [1.82, 2.24) is 10.2 Å². The van der Waals surface area contributed by atoms with Gasteiger partial charge in [0.2, 0.25) is 0 Å². The van der Waals surface area contributed by atoms with Gasteiger partial charge in [0.25, 0.3) is 0 Å². The normalized spacial score (nSPS) is 22.9. The van der Waals surface area contributed by atoms with Gasteiger partial charge in [-0.2, -0.15) is 0 Å². The maximum absolute atomic E-state index is 13.9. The Morgan fingerprint density at radius 1 is 1.14 bits per heavy atom. The Hall–Kier alpha value is -2.02. The van der Waals surface area contributed by atoms with Crippen molar-refractivity contribution in [2.75, 3.05) is 26.2 Å². The number of nitrogens with zero attached hydrogens (tertiary/aromatic N) is 1. The zero-order valence-electron chi connectivity index (χ0n) is 16.3. The van der Waals surface area contributed by atoms with E-state index < -0.39 is 11.6 Å². The van der Waals surface area contributed by atoms with E-state index in [1.807, 2.05) is 32.0 Å². The predicted molar refractivity (Wildman–Crippen MR) is 103 cm³/mol. The van der Waals surface area contributed by atoms with Crippen LogP contribution in [-0.4, -0.2) is 37.2 Å². The Morgan fingerprint density at radius 3 is 2.75 bits per heavy atom. The van der Waals surface area contributed by atoms with Crippen LogP contribution in [0.15, 0.2) is 36.4 Å². The molecule has 150 valence electrons. The van der Waals surface area contributed by atoms with Crippen molar-refractivity contribution in [3.63, 3.8) is 0 Å². The van der Waals surface area contributed by atoms with E-state index in [1.54, 1.807) is 0 Å². The lowest BCUT2D eigenvalue weighted by Gasteiger charge is -2.41. The highest BCUT2D eigenvalue weighted by Crippen LogP contribution is 2.35. The van der Waals surface area contributed by atoms with Crippen LogP contribution in [0.2, 0.25) is 0 Å². The Balaban J connectivity index is 1.59. The molecular weight excluding hydrogens is 362 g/mol. The molecule has 28 heavy (non-hydrogen) atoms. The number of ether oxygens (including phenoxy) is 2. The molecule has 2 heterocycles. The van der Waals surface area contributed by atoms with Crippen molar-refractivity contribution < 1.29 is 18.3 Å². The molecule has 2 aromatic carbocycles. The second-order valence-corrected chi connectivity index (χ2v) is 7.70. The number of rotatable bonds is 4. The van der Waals surface area contributed by atoms with Crippen LogP contribution in [-0.2, 0) is 11.3 Å². The van der Waals surface area contributed by atoms with E-state index >= 15 is 0 Å². The molecule has 2 aliphatic heterocycles. The third kappa shape index (κ3) is 3.90. The molecule has 2 aliphatic rings. The summed E-state index contributed by atoms with van der Waals surface area (Å²) in [5.41, 5.74) is 2.68. The molecule has 0 aliphatic carbocycles. The third-order valence-electron chi connectivity index (χ3n) is 5.38. The van der Waals surface area contributed by atoms with Gasteiger partial charge in [0.15, 0.2) is 11.6 Å². The van der Waals surface area contributed by atoms with Crippen molar-refractivity contribution in [2.45, 2.75) is 38.6 Å². The van der Waals surface area contributed by atoms with E-state index in [1.165, 1.54) is 12.1 Å². The van der Waals surface area contributed by atoms with E-state index in [4.69, 9.17) is 9.47 Å². The Kier molecular flexibility index (Phi) is 5.62. The summed E-state index contributed by atoms with van der Waals surface area (Å²) in [4.78, 5) is 2.29. The summed E-state index contributed by atoms with van der Waals surface area (Å²) in [5, 5.41) is 3.57. The van der Waals surface area contributed by atoms with Gasteiger partial charge < -0.3 is 14.8 Å². The maximum Gasteiger partial charge on any atom is 0.159 e. The van der Waals surface area contributed by atoms with Gasteiger partial charge in [0.1, 0.15) is 5.75 Å². The molecule has 2 aromatic rings. The fourth-order valence-electron chi connectivity index (χ4n) is 4.10. The van der Waals surface area contributed by atoms with Crippen LogP contribution in [0.5, 0.6) is 5.75 Å². The van der Waals surface area contributed by atoms with Crippen LogP contribution in [0.3, 0.4) is 0 Å². The van der Waals surface area contributed by atoms with E-state index in [2.05, 4.69) is 16.3 Å². The molecule has 2 atom stereocenters. The summed E-state index contributed by atoms with van der Waals surface area (Å²) in [6.45, 7) is 7.19. The average Bonchev–Trinajstić information content (AvgIpc) is 2.68. The van der Waals surface area contributed by atoms with Crippen molar-refractivity contribution in [3.8, 4) is 5.75 Å². The molecule has 4 nitrogen and oxygen atoms in total. The summed E-state index contributed by atoms with van der Waals surface area (Å²) in [7, 11) is 0. The molecule has 0 aromatic heterocycles. The highest BCUT2D eigenvalue weighted by molar-refractivity contribution is 5.37. The van der Waals surface area contributed by atoms with Gasteiger partial charge in [-0.15, -0.1) is 0 Å². The Labute approximate surface area is 164 Å². The number of hydrogen-bond donors (Lipinski definition) is 1. The van der Waals surface area contributed by atoms with Crippen LogP contribution in [0.25, 0.3) is 0 Å². The lowest BCUT2D eigenvalue weighted by atomic mass is 9.95. The minimum atomic E-state index is -0.819. The number of nitrogens with one attached hydrogen (secondary N) is 1. The molecule has 0 radical (unpaired) electrons. The molecule has 6 heteroatoms. The first kappa shape index (κ1) is 19.3. The summed E-state index contributed by atoms with van der Waals surface area (Å²) < 4.78 is 39.2. The molecule has 0 saturated carbocycles. The van der Waals surface area contributed by atoms with Gasteiger partial charge in [0, 0.05) is 31.2 Å². The van der Waals surface area contributed by atoms with Crippen molar-refractivity contribution in [1.29, 1.82) is 0 Å². The van der Waals surface area contributed by atoms with E-state index in [0.29, 0.717) is 13.2 Å². The zero-order valence-corrected chi connectivity index (χ0v) is 16.3. The Bertz CT molecular complexity index is 843. The predicted octanol–water partition coefficient (Wildman–Crippen LogP) is 3.97. The van der Waals surface area contributed by atoms with Gasteiger partial charge in [-0.25, -0.2) is 8.78 Å². The largest absolute Gasteiger partial charge is 0.491 e. The summed E-state index contributed by atoms with van der Waals surface area (Å²) in [5.74, 6) is -0.737. The monoisotopic (exact) mass is 388 g/mol. The lowest BCUT2D eigenvalue weighted by molar-refractivity contribution is 0.0200. The fourth-order valence-corrected chi connectivity index (χ4v) is 4.10. The van der Waals surface area contributed by atoms with E-state index in [-0.39, 0.29) is 18.2 Å². The molecule has 0 bridgehead atoms. The lowest BCUT2D eigenvalue weighted by Crippen LogP contribution is -2.49. The average molecular weight is 388 g/mol. The van der Waals surface area contributed by atoms with Crippen LogP contribution in [0, 0.1) is 11.6 Å². The second-order valence-electron chi connectivity index (χ2n) is 7.70. The first-order chi connectivity index (χ1) is 13.5. The molecule has 1 saturated heterocycles. The zero-order chi connectivity index (χ0) is 19.7. The van der Waals surface area contributed by atoms with Crippen molar-refractivity contribution in [3.05, 3.63) is 64.7 Å². The number of fused-ring (bicyclic) bond motifs is 1. The molecule has 0 amide bonds. The molecule has 0 spiro atoms. The van der Waals surface area contributed by atoms with Crippen LogP contribution < -0.4 is 10.1 Å². The van der Waals surface area contributed by atoms with E-state index in [9.17, 15) is 8.78 Å². The van der Waals surface area contributed by atoms with Crippen LogP contribution in [0.4, 0.5) is 8.78 Å². The van der Waals surface area contributed by atoms with Crippen molar-refractivity contribution >= 4 is 0 Å². The third-order valence-corrected chi connectivity index (χ3v) is 5.38. The maximum atomic E-state index is 13.9. The summed E-state index contributed by atoms with van der Waals surface area (Å²) in [6, 6.07) is 10.7. The second kappa shape index (κ2) is 8.15. The first-order valence-electron chi connectivity index (χ1n) is 9.81. The van der Waals surface area contributed by atoms with Crippen LogP contribution in [0.1, 0.15) is 42.6 Å². The number of hydrogen-bond acceptors (Lipinski definition) is 4. The minimum absolute atomic E-state index is 0.0818. The standard InChI is InChI=1S/C22H26F2N2O2/c1-14(2)28-22-6-4-3-5-16(22)20-11-26(8-7-25-20)21-13-27-12-15-9-18(23)19(24)10-17(15)21/h3-6,9-10,14,20-21,25H,7-8,11-13H2,1-2H3/t20-,21-/m0/s1.